The summed E-state index contributed by atoms with van der Waals surface area (Å²) in [6, 6.07) is 5.14. The van der Waals surface area contributed by atoms with E-state index in [-0.39, 0.29) is 32.3 Å². The van der Waals surface area contributed by atoms with E-state index >= 15 is 0 Å². The van der Waals surface area contributed by atoms with Crippen molar-refractivity contribution in [2.45, 2.75) is 61.2 Å². The molecule has 0 aliphatic heterocycles. The van der Waals surface area contributed by atoms with E-state index in [2.05, 4.69) is 13.8 Å². The van der Waals surface area contributed by atoms with Crippen molar-refractivity contribution in [1.29, 1.82) is 0 Å². The summed E-state index contributed by atoms with van der Waals surface area (Å²) >= 11 is 0.124. The third-order valence-electron chi connectivity index (χ3n) is 3.28. The Kier molecular flexibility index (Phi) is 13.9. The fourth-order valence-electron chi connectivity index (χ4n) is 1.96. The van der Waals surface area contributed by atoms with E-state index in [0.29, 0.717) is 0 Å². The number of hydrogen-bond donors (Lipinski definition) is 0. The Bertz CT molecular complexity index is 419. The van der Waals surface area contributed by atoms with E-state index in [1.54, 1.807) is 8.87 Å². The van der Waals surface area contributed by atoms with Crippen molar-refractivity contribution >= 4 is 33.1 Å². The van der Waals surface area contributed by atoms with Crippen molar-refractivity contribution in [1.82, 2.24) is 0 Å². The average molecular weight is 425 g/mol. The van der Waals surface area contributed by atoms with E-state index in [0.717, 1.165) is 12.1 Å². The van der Waals surface area contributed by atoms with Crippen LogP contribution in [0.25, 0.3) is 0 Å². The molecular formula is C18H26O4Sn. The summed E-state index contributed by atoms with van der Waals surface area (Å²) in [5.41, 5.74) is -0.727. The van der Waals surface area contributed by atoms with Crippen molar-refractivity contribution in [3.63, 3.8) is 0 Å². The number of carbonyl (C=O) groups excluding carboxylic acids is 2. The molecule has 0 saturated carbocycles. The van der Waals surface area contributed by atoms with Crippen LogP contribution in [0, 0.1) is 0 Å². The Balaban J connectivity index is 0.000000423. The Hall–Kier alpha value is -1.04. The number of hydrogen-bond acceptors (Lipinski definition) is 4. The van der Waals surface area contributed by atoms with E-state index in [1.807, 2.05) is 0 Å². The first-order valence-corrected chi connectivity index (χ1v) is 12.3. The monoisotopic (exact) mass is 426 g/mol. The molecule has 23 heavy (non-hydrogen) atoms. The molecule has 1 rings (SSSR count). The number of carboxylic acid groups (broad SMARTS) is 2. The minimum Gasteiger partial charge on any atom is -0.545 e. The van der Waals surface area contributed by atoms with Crippen LogP contribution in [0.5, 0.6) is 0 Å². The molecule has 0 spiro atoms. The molecule has 0 radical (unpaired) electrons. The van der Waals surface area contributed by atoms with Gasteiger partial charge in [-0.25, -0.2) is 0 Å². The van der Waals surface area contributed by atoms with Gasteiger partial charge >= 0.3 is 82.4 Å². The van der Waals surface area contributed by atoms with Crippen molar-refractivity contribution in [2.75, 3.05) is 0 Å². The molecule has 4 nitrogen and oxygen atoms in total. The van der Waals surface area contributed by atoms with Gasteiger partial charge in [-0.15, -0.1) is 0 Å². The summed E-state index contributed by atoms with van der Waals surface area (Å²) in [6.07, 6.45) is 8.83. The van der Waals surface area contributed by atoms with Gasteiger partial charge in [0.05, 0.1) is 11.9 Å². The first kappa shape index (κ1) is 22.0. The van der Waals surface area contributed by atoms with Gasteiger partial charge in [0.15, 0.2) is 0 Å². The molecule has 0 aliphatic rings. The second kappa shape index (κ2) is 14.5. The number of rotatable bonds is 10. The molecule has 126 valence electrons. The van der Waals surface area contributed by atoms with Crippen LogP contribution in [0.4, 0.5) is 0 Å². The van der Waals surface area contributed by atoms with Crippen LogP contribution in [-0.2, 0) is 0 Å². The standard InChI is InChI=1S/C8H6O4.2C5H11.Sn/c9-7(10)5-3-1-2-4-6(5)8(11)12;2*1-3-5-4-2;/h1-4H,(H,9,10)(H,11,12);2*1,3-5H2,2H3;/q;;;+2/p-2. The SMILES string of the molecule is CCCC[CH2][Sn+2][CH2]CCCC.O=C([O-])c1ccccc1C(=O)[O-]. The molecule has 0 atom stereocenters. The molecule has 0 N–H and O–H groups in total. The molecule has 0 saturated heterocycles. The molecule has 1 aromatic rings. The molecular weight excluding hydrogens is 399 g/mol. The van der Waals surface area contributed by atoms with Crippen LogP contribution in [0.2, 0.25) is 8.87 Å². The molecule has 5 heteroatoms. The van der Waals surface area contributed by atoms with Crippen molar-refractivity contribution in [2.24, 2.45) is 0 Å². The second-order valence-corrected chi connectivity index (χ2v) is 9.57. The first-order chi connectivity index (χ1) is 11.0. The Morgan fingerprint density at radius 2 is 1.22 bits per heavy atom. The minimum absolute atomic E-state index is 0.124. The largest absolute Gasteiger partial charge is 0.545 e. The van der Waals surface area contributed by atoms with Crippen LogP contribution in [-0.4, -0.2) is 33.1 Å². The first-order valence-electron chi connectivity index (χ1n) is 8.27. The molecule has 0 aromatic heterocycles. The number of benzene rings is 1. The van der Waals surface area contributed by atoms with Gasteiger partial charge in [0.1, 0.15) is 0 Å². The van der Waals surface area contributed by atoms with E-state index in [9.17, 15) is 19.8 Å². The van der Waals surface area contributed by atoms with Gasteiger partial charge in [0.25, 0.3) is 0 Å². The van der Waals surface area contributed by atoms with Crippen molar-refractivity contribution in [3.05, 3.63) is 35.4 Å². The van der Waals surface area contributed by atoms with Gasteiger partial charge in [0.2, 0.25) is 0 Å². The predicted octanol–water partition coefficient (Wildman–Crippen LogP) is 2.32. The maximum atomic E-state index is 10.3. The quantitative estimate of drug-likeness (QED) is 0.426. The van der Waals surface area contributed by atoms with Gasteiger partial charge in [-0.1, -0.05) is 24.3 Å². The van der Waals surface area contributed by atoms with Gasteiger partial charge in [-0.05, 0) is 0 Å². The number of carboxylic acids is 2. The fraction of sp³-hybridized carbons (Fsp3) is 0.556. The third kappa shape index (κ3) is 11.2. The summed E-state index contributed by atoms with van der Waals surface area (Å²) in [6.45, 7) is 4.59. The smallest absolute Gasteiger partial charge is 0.0721 e. The van der Waals surface area contributed by atoms with Gasteiger partial charge < -0.3 is 19.8 Å². The molecule has 0 bridgehead atoms. The Morgan fingerprint density at radius 3 is 1.52 bits per heavy atom. The molecule has 0 unspecified atom stereocenters. The number of carbonyl (C=O) groups is 2. The molecule has 1 aromatic carbocycles. The summed E-state index contributed by atoms with van der Waals surface area (Å²) in [7, 11) is 0. The topological polar surface area (TPSA) is 80.3 Å². The van der Waals surface area contributed by atoms with Crippen LogP contribution in [0.3, 0.4) is 0 Å². The maximum Gasteiger partial charge on any atom is 0.0721 e. The fourth-order valence-corrected chi connectivity index (χ4v) is 5.53. The molecule has 0 aliphatic carbocycles. The van der Waals surface area contributed by atoms with E-state index < -0.39 is 11.9 Å². The van der Waals surface area contributed by atoms with Crippen LogP contribution in [0.1, 0.15) is 73.1 Å². The molecule has 0 amide bonds. The van der Waals surface area contributed by atoms with Crippen LogP contribution >= 0.6 is 0 Å². The maximum absolute atomic E-state index is 10.3. The average Bonchev–Trinajstić information content (AvgIpc) is 2.54. The van der Waals surface area contributed by atoms with Crippen molar-refractivity contribution < 1.29 is 19.8 Å². The predicted molar refractivity (Wildman–Crippen MR) is 89.5 cm³/mol. The summed E-state index contributed by atoms with van der Waals surface area (Å²) in [4.78, 5) is 20.6. The van der Waals surface area contributed by atoms with E-state index in [1.165, 1.54) is 50.7 Å². The van der Waals surface area contributed by atoms with Crippen LogP contribution in [0.15, 0.2) is 24.3 Å². The Morgan fingerprint density at radius 1 is 0.826 bits per heavy atom. The zero-order valence-electron chi connectivity index (χ0n) is 14.1. The Labute approximate surface area is 149 Å². The molecule has 0 heterocycles. The molecule has 0 fully saturated rings. The van der Waals surface area contributed by atoms with Crippen molar-refractivity contribution in [3.8, 4) is 0 Å². The number of aromatic carboxylic acids is 2. The normalized spacial score (nSPS) is 9.48. The summed E-state index contributed by atoms with van der Waals surface area (Å²) < 4.78 is 3.28. The second-order valence-electron chi connectivity index (χ2n) is 5.28. The summed E-state index contributed by atoms with van der Waals surface area (Å²) in [5.74, 6) is -3.04. The van der Waals surface area contributed by atoms with Gasteiger partial charge in [0, 0.05) is 11.1 Å². The van der Waals surface area contributed by atoms with E-state index in [4.69, 9.17) is 0 Å². The zero-order valence-corrected chi connectivity index (χ0v) is 17.0. The summed E-state index contributed by atoms with van der Waals surface area (Å²) in [5, 5.41) is 20.6. The third-order valence-corrected chi connectivity index (χ3v) is 7.32. The minimum atomic E-state index is -1.52. The van der Waals surface area contributed by atoms with Crippen LogP contribution < -0.4 is 10.2 Å². The van der Waals surface area contributed by atoms with Gasteiger partial charge in [-0.3, -0.25) is 0 Å². The zero-order chi connectivity index (χ0) is 17.5. The number of unbranched alkanes of at least 4 members (excludes halogenated alkanes) is 4. The van der Waals surface area contributed by atoms with Gasteiger partial charge in [-0.2, -0.15) is 0 Å².